The van der Waals surface area contributed by atoms with Gasteiger partial charge >= 0.3 is 5.69 Å². The Hall–Kier alpha value is -2.95. The summed E-state index contributed by atoms with van der Waals surface area (Å²) in [5.74, 6) is 0.426. The van der Waals surface area contributed by atoms with Gasteiger partial charge in [-0.25, -0.2) is 4.79 Å². The van der Waals surface area contributed by atoms with E-state index < -0.39 is 0 Å². The second kappa shape index (κ2) is 6.79. The number of benzene rings is 1. The number of hydrogen-bond donors (Lipinski definition) is 0. The Labute approximate surface area is 176 Å². The first-order chi connectivity index (χ1) is 14.4. The van der Waals surface area contributed by atoms with Gasteiger partial charge in [0.1, 0.15) is 0 Å². The van der Waals surface area contributed by atoms with Crippen LogP contribution in [-0.2, 0) is 12.0 Å². The Morgan fingerprint density at radius 3 is 2.60 bits per heavy atom. The Morgan fingerprint density at radius 1 is 1.10 bits per heavy atom. The van der Waals surface area contributed by atoms with E-state index in [1.807, 2.05) is 27.6 Å². The second-order valence-electron chi connectivity index (χ2n) is 9.38. The first-order valence-electron chi connectivity index (χ1n) is 10.8. The van der Waals surface area contributed by atoms with Crippen molar-refractivity contribution in [3.63, 3.8) is 0 Å². The molecule has 1 aliphatic carbocycles. The highest BCUT2D eigenvalue weighted by molar-refractivity contribution is 5.86. The van der Waals surface area contributed by atoms with Crippen LogP contribution in [0.25, 0.3) is 21.8 Å². The molecule has 5 heteroatoms. The monoisotopic (exact) mass is 400 g/mol. The van der Waals surface area contributed by atoms with E-state index in [4.69, 9.17) is 4.98 Å². The van der Waals surface area contributed by atoms with E-state index in [9.17, 15) is 4.79 Å². The van der Waals surface area contributed by atoms with Gasteiger partial charge in [0.25, 0.3) is 0 Å². The summed E-state index contributed by atoms with van der Waals surface area (Å²) in [6.45, 7) is 9.52. The molecule has 154 valence electrons. The number of hydrogen-bond acceptors (Lipinski definition) is 3. The fraction of sp³-hybridized carbons (Fsp3) is 0.400. The highest BCUT2D eigenvalue weighted by Gasteiger charge is 2.32. The summed E-state index contributed by atoms with van der Waals surface area (Å²) < 4.78 is 3.81. The maximum Gasteiger partial charge on any atom is 0.329 e. The van der Waals surface area contributed by atoms with E-state index in [1.165, 1.54) is 10.9 Å². The number of fused-ring (bicyclic) bond motifs is 2. The van der Waals surface area contributed by atoms with Gasteiger partial charge in [0.05, 0.1) is 29.5 Å². The van der Waals surface area contributed by atoms with E-state index in [1.54, 1.807) is 6.20 Å². The first-order valence-corrected chi connectivity index (χ1v) is 10.8. The number of pyridine rings is 2. The molecule has 0 spiro atoms. The molecule has 0 radical (unpaired) electrons. The number of aromatic nitrogens is 4. The van der Waals surface area contributed by atoms with Crippen molar-refractivity contribution in [2.45, 2.75) is 58.5 Å². The predicted octanol–water partition coefficient (Wildman–Crippen LogP) is 5.06. The van der Waals surface area contributed by atoms with Crippen molar-refractivity contribution in [2.24, 2.45) is 5.92 Å². The van der Waals surface area contributed by atoms with Gasteiger partial charge in [0, 0.05) is 23.8 Å². The highest BCUT2D eigenvalue weighted by atomic mass is 16.1. The normalized spacial score (nSPS) is 14.8. The molecule has 3 aromatic heterocycles. The minimum atomic E-state index is -0.0834. The smallest absolute Gasteiger partial charge is 0.289 e. The molecular formula is C25H28N4O. The molecule has 0 saturated heterocycles. The Bertz CT molecular complexity index is 1310. The van der Waals surface area contributed by atoms with Gasteiger partial charge in [-0.15, -0.1) is 0 Å². The maximum atomic E-state index is 13.4. The van der Waals surface area contributed by atoms with Gasteiger partial charge in [0.15, 0.2) is 0 Å². The molecule has 1 saturated carbocycles. The maximum absolute atomic E-state index is 13.4. The lowest BCUT2D eigenvalue weighted by atomic mass is 9.73. The van der Waals surface area contributed by atoms with Crippen LogP contribution in [-0.4, -0.2) is 19.1 Å². The second-order valence-corrected chi connectivity index (χ2v) is 9.38. The number of nitrogens with zero attached hydrogens (tertiary/aromatic N) is 4. The lowest BCUT2D eigenvalue weighted by molar-refractivity contribution is 0.370. The Morgan fingerprint density at radius 2 is 1.87 bits per heavy atom. The molecule has 30 heavy (non-hydrogen) atoms. The molecule has 1 fully saturated rings. The van der Waals surface area contributed by atoms with Gasteiger partial charge in [-0.1, -0.05) is 52.0 Å². The fourth-order valence-electron chi connectivity index (χ4n) is 4.45. The van der Waals surface area contributed by atoms with Crippen molar-refractivity contribution in [3.8, 4) is 0 Å². The average Bonchev–Trinajstić information content (AvgIpc) is 3.53. The molecule has 0 bridgehead atoms. The average molecular weight is 401 g/mol. The third kappa shape index (κ3) is 2.87. The zero-order valence-electron chi connectivity index (χ0n) is 18.1. The molecule has 0 amide bonds. The first kappa shape index (κ1) is 19.0. The van der Waals surface area contributed by atoms with Crippen LogP contribution < -0.4 is 5.69 Å². The lowest BCUT2D eigenvalue weighted by Crippen LogP contribution is -2.29. The zero-order valence-corrected chi connectivity index (χ0v) is 18.1. The molecule has 4 aromatic rings. The SMILES string of the molecule is CC(C)C(C)(C)c1c(Cn2c(=O)n(C3CC3)c3ccncc32)ncc2ccccc12. The molecule has 5 nitrogen and oxygen atoms in total. The van der Waals surface area contributed by atoms with Gasteiger partial charge in [-0.2, -0.15) is 0 Å². The van der Waals surface area contributed by atoms with Crippen molar-refractivity contribution in [3.05, 3.63) is 70.7 Å². The van der Waals surface area contributed by atoms with Crippen LogP contribution in [0.5, 0.6) is 0 Å². The van der Waals surface area contributed by atoms with Gasteiger partial charge in [-0.05, 0) is 41.2 Å². The van der Waals surface area contributed by atoms with Gasteiger partial charge < -0.3 is 0 Å². The summed E-state index contributed by atoms with van der Waals surface area (Å²) in [6, 6.07) is 10.7. The van der Waals surface area contributed by atoms with Crippen LogP contribution in [0.1, 0.15) is 57.8 Å². The fourth-order valence-corrected chi connectivity index (χ4v) is 4.45. The molecule has 0 atom stereocenters. The Balaban J connectivity index is 1.75. The Kier molecular flexibility index (Phi) is 4.31. The van der Waals surface area contributed by atoms with E-state index in [0.29, 0.717) is 18.5 Å². The molecule has 0 aliphatic heterocycles. The summed E-state index contributed by atoms with van der Waals surface area (Å²) in [4.78, 5) is 22.6. The van der Waals surface area contributed by atoms with Crippen molar-refractivity contribution >= 4 is 21.8 Å². The molecule has 1 aliphatic rings. The molecule has 1 aromatic carbocycles. The van der Waals surface area contributed by atoms with E-state index in [0.717, 1.165) is 35.0 Å². The largest absolute Gasteiger partial charge is 0.329 e. The molecule has 0 unspecified atom stereocenters. The summed E-state index contributed by atoms with van der Waals surface area (Å²) in [5.41, 5.74) is 4.02. The van der Waals surface area contributed by atoms with Crippen molar-refractivity contribution in [1.82, 2.24) is 19.1 Å². The lowest BCUT2D eigenvalue weighted by Gasteiger charge is -2.33. The number of rotatable bonds is 5. The summed E-state index contributed by atoms with van der Waals surface area (Å²) >= 11 is 0. The quantitative estimate of drug-likeness (QED) is 0.470. The molecular weight excluding hydrogens is 372 g/mol. The molecule has 0 N–H and O–H groups in total. The minimum absolute atomic E-state index is 0.0451. The van der Waals surface area contributed by atoms with Crippen molar-refractivity contribution in [2.75, 3.05) is 0 Å². The summed E-state index contributed by atoms with van der Waals surface area (Å²) in [5, 5.41) is 2.36. The topological polar surface area (TPSA) is 52.7 Å². The molecule has 5 rings (SSSR count). The van der Waals surface area contributed by atoms with Crippen molar-refractivity contribution < 1.29 is 0 Å². The van der Waals surface area contributed by atoms with E-state index in [-0.39, 0.29) is 11.1 Å². The van der Waals surface area contributed by atoms with Gasteiger partial charge in [0.2, 0.25) is 0 Å². The van der Waals surface area contributed by atoms with E-state index >= 15 is 0 Å². The van der Waals surface area contributed by atoms with Crippen LogP contribution in [0.3, 0.4) is 0 Å². The van der Waals surface area contributed by atoms with Crippen LogP contribution in [0.2, 0.25) is 0 Å². The van der Waals surface area contributed by atoms with Crippen molar-refractivity contribution in [1.29, 1.82) is 0 Å². The van der Waals surface area contributed by atoms with E-state index in [2.05, 4.69) is 56.9 Å². The van der Waals surface area contributed by atoms with Crippen LogP contribution in [0, 0.1) is 5.92 Å². The summed E-state index contributed by atoms with van der Waals surface area (Å²) in [7, 11) is 0. The minimum Gasteiger partial charge on any atom is -0.289 e. The van der Waals surface area contributed by atoms with Crippen LogP contribution in [0.4, 0.5) is 0 Å². The van der Waals surface area contributed by atoms with Crippen LogP contribution in [0.15, 0.2) is 53.7 Å². The predicted molar refractivity (Wildman–Crippen MR) is 121 cm³/mol. The number of imidazole rings is 1. The standard InChI is InChI=1S/C25H28N4O/c1-16(2)25(3,4)23-19-8-6-5-7-17(19)13-27-20(23)15-28-22-14-26-12-11-21(22)29(24(28)30)18-9-10-18/h5-8,11-14,16,18H,9-10,15H2,1-4H3. The highest BCUT2D eigenvalue weighted by Crippen LogP contribution is 2.39. The summed E-state index contributed by atoms with van der Waals surface area (Å²) in [6.07, 6.45) is 7.66. The third-order valence-electron chi connectivity index (χ3n) is 6.95. The van der Waals surface area contributed by atoms with Crippen LogP contribution >= 0.6 is 0 Å². The van der Waals surface area contributed by atoms with Gasteiger partial charge in [-0.3, -0.25) is 19.1 Å². The third-order valence-corrected chi connectivity index (χ3v) is 6.95. The zero-order chi connectivity index (χ0) is 21.0. The molecule has 3 heterocycles.